The minimum Gasteiger partial charge on any atom is -0.359 e. The molecule has 0 radical (unpaired) electrons. The molecule has 5 nitrogen and oxygen atoms in total. The van der Waals surface area contributed by atoms with E-state index in [0.29, 0.717) is 0 Å². The van der Waals surface area contributed by atoms with Crippen molar-refractivity contribution in [3.63, 3.8) is 0 Å². The van der Waals surface area contributed by atoms with E-state index < -0.39 is 30.7 Å². The van der Waals surface area contributed by atoms with Crippen LogP contribution >= 0.6 is 0 Å². The Morgan fingerprint density at radius 1 is 1.00 bits per heavy atom. The Bertz CT molecular complexity index is 810. The smallest absolute Gasteiger partial charge is 0.359 e. The van der Waals surface area contributed by atoms with Crippen LogP contribution in [0.2, 0.25) is 0 Å². The molecule has 0 aliphatic carbocycles. The number of ether oxygens (including phenoxy) is 1. The van der Waals surface area contributed by atoms with Crippen LogP contribution in [0, 0.1) is 0 Å². The second-order valence-corrected chi connectivity index (χ2v) is 6.21. The molecule has 0 aromatic heterocycles. The van der Waals surface area contributed by atoms with Gasteiger partial charge in [-0.1, -0.05) is 42.5 Å². The van der Waals surface area contributed by atoms with E-state index in [0.717, 1.165) is 5.56 Å². The molecule has 0 saturated carbocycles. The molecule has 0 aliphatic heterocycles. The van der Waals surface area contributed by atoms with Gasteiger partial charge in [0.1, 0.15) is 12.7 Å². The molecular weight excluding hydrogens is 373 g/mol. The zero-order chi connectivity index (χ0) is 20.7. The van der Waals surface area contributed by atoms with E-state index in [4.69, 9.17) is 0 Å². The minimum absolute atomic E-state index is 0.188. The zero-order valence-corrected chi connectivity index (χ0v) is 15.4. The fraction of sp³-hybridized carbons (Fsp3) is 0.300. The van der Waals surface area contributed by atoms with Crippen LogP contribution < -0.4 is 10.6 Å². The van der Waals surface area contributed by atoms with Gasteiger partial charge < -0.3 is 15.4 Å². The van der Waals surface area contributed by atoms with Crippen molar-refractivity contribution in [2.45, 2.75) is 32.2 Å². The molecule has 2 amide bonds. The van der Waals surface area contributed by atoms with Crippen molar-refractivity contribution in [3.8, 4) is 0 Å². The molecule has 150 valence electrons. The Balaban J connectivity index is 2.05. The Morgan fingerprint density at radius 3 is 2.25 bits per heavy atom. The summed E-state index contributed by atoms with van der Waals surface area (Å²) in [6.07, 6.45) is -5.86. The highest BCUT2D eigenvalue weighted by Gasteiger charge is 2.30. The molecule has 0 saturated heterocycles. The summed E-state index contributed by atoms with van der Waals surface area (Å²) >= 11 is 0. The van der Waals surface area contributed by atoms with E-state index >= 15 is 0 Å². The molecule has 0 spiro atoms. The van der Waals surface area contributed by atoms with Crippen LogP contribution in [0.25, 0.3) is 0 Å². The molecule has 0 fully saturated rings. The molecule has 0 bridgehead atoms. The summed E-state index contributed by atoms with van der Waals surface area (Å²) in [6, 6.07) is 15.3. The van der Waals surface area contributed by atoms with Gasteiger partial charge in [0.25, 0.3) is 11.8 Å². The van der Waals surface area contributed by atoms with Crippen molar-refractivity contribution < 1.29 is 27.5 Å². The Labute approximate surface area is 160 Å². The monoisotopic (exact) mass is 394 g/mol. The number of para-hydroxylation sites is 1. The lowest BCUT2D eigenvalue weighted by Crippen LogP contribution is -2.33. The molecule has 28 heavy (non-hydrogen) atoms. The van der Waals surface area contributed by atoms with Gasteiger partial charge in [0, 0.05) is 0 Å². The lowest BCUT2D eigenvalue weighted by Gasteiger charge is -2.18. The zero-order valence-electron chi connectivity index (χ0n) is 15.4. The van der Waals surface area contributed by atoms with Crippen LogP contribution in [0.1, 0.15) is 35.8 Å². The predicted octanol–water partition coefficient (Wildman–Crippen LogP) is 4.08. The third-order valence-corrected chi connectivity index (χ3v) is 3.94. The number of halogens is 3. The number of benzene rings is 2. The number of carbonyl (C=O) groups is 2. The van der Waals surface area contributed by atoms with Crippen LogP contribution in [0.5, 0.6) is 0 Å². The van der Waals surface area contributed by atoms with Gasteiger partial charge in [0.15, 0.2) is 0 Å². The number of anilines is 1. The number of rotatable bonds is 7. The van der Waals surface area contributed by atoms with Crippen LogP contribution in [-0.2, 0) is 9.53 Å². The van der Waals surface area contributed by atoms with Gasteiger partial charge in [0.05, 0.1) is 17.3 Å². The summed E-state index contributed by atoms with van der Waals surface area (Å²) in [4.78, 5) is 24.7. The average molecular weight is 394 g/mol. The first-order valence-electron chi connectivity index (χ1n) is 8.61. The van der Waals surface area contributed by atoms with E-state index in [1.165, 1.54) is 19.1 Å². The average Bonchev–Trinajstić information content (AvgIpc) is 2.66. The maximum Gasteiger partial charge on any atom is 0.411 e. The van der Waals surface area contributed by atoms with E-state index in [9.17, 15) is 22.8 Å². The highest BCUT2D eigenvalue weighted by molar-refractivity contribution is 6.04. The van der Waals surface area contributed by atoms with E-state index in [2.05, 4.69) is 15.4 Å². The molecule has 2 rings (SSSR count). The number of hydrogen-bond donors (Lipinski definition) is 2. The third-order valence-electron chi connectivity index (χ3n) is 3.94. The number of nitrogens with one attached hydrogen (secondary N) is 2. The maximum absolute atomic E-state index is 12.6. The second kappa shape index (κ2) is 9.36. The number of hydrogen-bond acceptors (Lipinski definition) is 3. The fourth-order valence-corrected chi connectivity index (χ4v) is 2.42. The molecule has 2 aromatic rings. The van der Waals surface area contributed by atoms with Crippen molar-refractivity contribution in [1.29, 1.82) is 0 Å². The summed E-state index contributed by atoms with van der Waals surface area (Å²) in [6.45, 7) is 1.50. The van der Waals surface area contributed by atoms with Gasteiger partial charge >= 0.3 is 6.18 Å². The Morgan fingerprint density at radius 2 is 1.61 bits per heavy atom. The molecule has 2 aromatic carbocycles. The summed E-state index contributed by atoms with van der Waals surface area (Å²) in [5, 5.41) is 5.28. The van der Waals surface area contributed by atoms with Crippen molar-refractivity contribution in [2.24, 2.45) is 0 Å². The van der Waals surface area contributed by atoms with Gasteiger partial charge in [0.2, 0.25) is 0 Å². The number of amides is 2. The van der Waals surface area contributed by atoms with Gasteiger partial charge in [-0.2, -0.15) is 13.2 Å². The predicted molar refractivity (Wildman–Crippen MR) is 98.9 cm³/mol. The number of alkyl halides is 3. The minimum atomic E-state index is -4.53. The van der Waals surface area contributed by atoms with Crippen LogP contribution in [0.4, 0.5) is 18.9 Å². The molecule has 8 heteroatoms. The normalized spacial score (nSPS) is 13.5. The third kappa shape index (κ3) is 6.38. The SMILES string of the molecule is CC(OCC(F)(F)F)C(=O)Nc1ccccc1C(=O)NC(C)c1ccccc1. The van der Waals surface area contributed by atoms with Crippen LogP contribution in [-0.4, -0.2) is 30.7 Å². The summed E-state index contributed by atoms with van der Waals surface area (Å²) in [5.74, 6) is -1.20. The van der Waals surface area contributed by atoms with Crippen molar-refractivity contribution in [1.82, 2.24) is 5.32 Å². The molecule has 2 N–H and O–H groups in total. The maximum atomic E-state index is 12.6. The highest BCUT2D eigenvalue weighted by atomic mass is 19.4. The second-order valence-electron chi connectivity index (χ2n) is 6.21. The van der Waals surface area contributed by atoms with Gasteiger partial charge in [-0.25, -0.2) is 0 Å². The van der Waals surface area contributed by atoms with Crippen LogP contribution in [0.15, 0.2) is 54.6 Å². The fourth-order valence-electron chi connectivity index (χ4n) is 2.42. The van der Waals surface area contributed by atoms with Gasteiger partial charge in [-0.15, -0.1) is 0 Å². The van der Waals surface area contributed by atoms with Crippen molar-refractivity contribution >= 4 is 17.5 Å². The van der Waals surface area contributed by atoms with E-state index in [-0.39, 0.29) is 17.3 Å². The quantitative estimate of drug-likeness (QED) is 0.744. The highest BCUT2D eigenvalue weighted by Crippen LogP contribution is 2.19. The first-order valence-corrected chi connectivity index (χ1v) is 8.61. The van der Waals surface area contributed by atoms with Crippen LogP contribution in [0.3, 0.4) is 0 Å². The topological polar surface area (TPSA) is 67.4 Å². The van der Waals surface area contributed by atoms with Crippen molar-refractivity contribution in [2.75, 3.05) is 11.9 Å². The molecule has 2 atom stereocenters. The standard InChI is InChI=1S/C20H21F3N2O3/c1-13(15-8-4-3-5-9-15)24-19(27)16-10-6-7-11-17(16)25-18(26)14(2)28-12-20(21,22)23/h3-11,13-14H,12H2,1-2H3,(H,24,27)(H,25,26). The van der Waals surface area contributed by atoms with Gasteiger partial charge in [-0.05, 0) is 31.5 Å². The van der Waals surface area contributed by atoms with Gasteiger partial charge in [-0.3, -0.25) is 9.59 Å². The first kappa shape index (κ1) is 21.4. The lowest BCUT2D eigenvalue weighted by atomic mass is 10.1. The van der Waals surface area contributed by atoms with E-state index in [1.54, 1.807) is 12.1 Å². The molecule has 0 aliphatic rings. The van der Waals surface area contributed by atoms with Crippen molar-refractivity contribution in [3.05, 3.63) is 65.7 Å². The summed E-state index contributed by atoms with van der Waals surface area (Å²) in [7, 11) is 0. The molecule has 0 heterocycles. The lowest BCUT2D eigenvalue weighted by molar-refractivity contribution is -0.184. The molecule has 2 unspecified atom stereocenters. The largest absolute Gasteiger partial charge is 0.411 e. The number of carbonyl (C=O) groups excluding carboxylic acids is 2. The Hall–Kier alpha value is -2.87. The summed E-state index contributed by atoms with van der Waals surface area (Å²) in [5.41, 5.74) is 1.29. The summed E-state index contributed by atoms with van der Waals surface area (Å²) < 4.78 is 41.2. The Kier molecular flexibility index (Phi) is 7.17. The molecular formula is C20H21F3N2O3. The van der Waals surface area contributed by atoms with E-state index in [1.807, 2.05) is 37.3 Å². The first-order chi connectivity index (χ1) is 13.2.